The van der Waals surface area contributed by atoms with Gasteiger partial charge < -0.3 is 4.42 Å². The number of nitro groups is 1. The predicted molar refractivity (Wildman–Crippen MR) is 80.1 cm³/mol. The van der Waals surface area contributed by atoms with Crippen molar-refractivity contribution < 1.29 is 14.1 Å². The lowest BCUT2D eigenvalue weighted by molar-refractivity contribution is -0.387. The molecule has 0 aliphatic rings. The fraction of sp³-hybridized carbons (Fsp3) is 0. The van der Waals surface area contributed by atoms with E-state index in [9.17, 15) is 14.9 Å². The van der Waals surface area contributed by atoms with E-state index < -0.39 is 4.92 Å². The van der Waals surface area contributed by atoms with Gasteiger partial charge in [0.25, 0.3) is 10.9 Å². The Bertz CT molecular complexity index is 866. The summed E-state index contributed by atoms with van der Waals surface area (Å²) < 4.78 is 5.49. The molecule has 9 heteroatoms. The molecular formula is C14H8N4O4S. The molecule has 23 heavy (non-hydrogen) atoms. The molecule has 2 heterocycles. The second-order valence-electron chi connectivity index (χ2n) is 4.31. The molecule has 0 fully saturated rings. The van der Waals surface area contributed by atoms with Crippen molar-refractivity contribution in [3.8, 4) is 11.5 Å². The predicted octanol–water partition coefficient (Wildman–Crippen LogP) is 3.00. The highest BCUT2D eigenvalue weighted by atomic mass is 32.2. The number of hydrogen-bond acceptors (Lipinski definition) is 8. The zero-order chi connectivity index (χ0) is 16.2. The SMILES string of the molecule is O=Cc1ccc(Sc2nnc(-c3ccncc3)o2)c([N+](=O)[O-])c1. The highest BCUT2D eigenvalue weighted by Gasteiger charge is 2.19. The molecule has 3 rings (SSSR count). The first-order valence-corrected chi connectivity index (χ1v) is 7.14. The number of nitrogens with zero attached hydrogens (tertiary/aromatic N) is 4. The topological polar surface area (TPSA) is 112 Å². The van der Waals surface area contributed by atoms with Gasteiger partial charge >= 0.3 is 0 Å². The molecule has 1 aromatic carbocycles. The maximum Gasteiger partial charge on any atom is 0.284 e. The number of benzene rings is 1. The van der Waals surface area contributed by atoms with Crippen molar-refractivity contribution in [2.75, 3.05) is 0 Å². The van der Waals surface area contributed by atoms with E-state index in [4.69, 9.17) is 4.42 Å². The van der Waals surface area contributed by atoms with Gasteiger partial charge in [-0.3, -0.25) is 19.9 Å². The summed E-state index contributed by atoms with van der Waals surface area (Å²) in [7, 11) is 0. The lowest BCUT2D eigenvalue weighted by atomic mass is 10.2. The number of rotatable bonds is 5. The molecular weight excluding hydrogens is 320 g/mol. The summed E-state index contributed by atoms with van der Waals surface area (Å²) in [4.78, 5) is 25.5. The summed E-state index contributed by atoms with van der Waals surface area (Å²) in [6.07, 6.45) is 3.74. The van der Waals surface area contributed by atoms with Crippen LogP contribution in [0.5, 0.6) is 0 Å². The molecule has 0 saturated carbocycles. The number of nitro benzene ring substituents is 1. The van der Waals surface area contributed by atoms with Crippen molar-refractivity contribution >= 4 is 23.7 Å². The average molecular weight is 328 g/mol. The van der Waals surface area contributed by atoms with Gasteiger partial charge in [-0.2, -0.15) is 0 Å². The van der Waals surface area contributed by atoms with Crippen molar-refractivity contribution in [3.63, 3.8) is 0 Å². The van der Waals surface area contributed by atoms with Crippen molar-refractivity contribution in [3.05, 3.63) is 58.4 Å². The first-order valence-electron chi connectivity index (χ1n) is 6.33. The monoisotopic (exact) mass is 328 g/mol. The molecule has 0 spiro atoms. The van der Waals surface area contributed by atoms with Crippen LogP contribution in [-0.4, -0.2) is 26.4 Å². The quantitative estimate of drug-likeness (QED) is 0.399. The molecule has 0 radical (unpaired) electrons. The van der Waals surface area contributed by atoms with Crippen molar-refractivity contribution in [2.24, 2.45) is 0 Å². The number of carbonyl (C=O) groups excluding carboxylic acids is 1. The molecule has 8 nitrogen and oxygen atoms in total. The third-order valence-corrected chi connectivity index (χ3v) is 3.75. The molecule has 0 atom stereocenters. The minimum atomic E-state index is -0.560. The van der Waals surface area contributed by atoms with Crippen LogP contribution in [-0.2, 0) is 0 Å². The van der Waals surface area contributed by atoms with Gasteiger partial charge in [0.15, 0.2) is 0 Å². The summed E-state index contributed by atoms with van der Waals surface area (Å²) in [6.45, 7) is 0. The Hall–Kier alpha value is -3.07. The van der Waals surface area contributed by atoms with Crippen LogP contribution >= 0.6 is 11.8 Å². The summed E-state index contributed by atoms with van der Waals surface area (Å²) >= 11 is 0.964. The van der Waals surface area contributed by atoms with Crippen LogP contribution in [0.2, 0.25) is 0 Å². The molecule has 0 aliphatic heterocycles. The molecule has 0 amide bonds. The average Bonchev–Trinajstić information content (AvgIpc) is 3.04. The second kappa shape index (κ2) is 6.36. The minimum Gasteiger partial charge on any atom is -0.411 e. The van der Waals surface area contributed by atoms with Crippen LogP contribution in [0.15, 0.2) is 57.3 Å². The highest BCUT2D eigenvalue weighted by molar-refractivity contribution is 7.99. The van der Waals surface area contributed by atoms with Gasteiger partial charge in [-0.05, 0) is 30.0 Å². The Labute approximate surface area is 133 Å². The van der Waals surface area contributed by atoms with Gasteiger partial charge in [-0.1, -0.05) is 6.07 Å². The number of carbonyl (C=O) groups is 1. The Morgan fingerprint density at radius 3 is 2.65 bits per heavy atom. The highest BCUT2D eigenvalue weighted by Crippen LogP contribution is 2.35. The van der Waals surface area contributed by atoms with Gasteiger partial charge in [-0.25, -0.2) is 0 Å². The Kier molecular flexibility index (Phi) is 4.11. The van der Waals surface area contributed by atoms with Crippen LogP contribution in [0, 0.1) is 10.1 Å². The summed E-state index contributed by atoms with van der Waals surface area (Å²) in [5.41, 5.74) is 0.734. The molecule has 0 aliphatic carbocycles. The van der Waals surface area contributed by atoms with Crippen LogP contribution in [0.25, 0.3) is 11.5 Å². The largest absolute Gasteiger partial charge is 0.411 e. The van der Waals surface area contributed by atoms with E-state index in [0.29, 0.717) is 22.6 Å². The van der Waals surface area contributed by atoms with Crippen molar-refractivity contribution in [2.45, 2.75) is 10.1 Å². The van der Waals surface area contributed by atoms with E-state index in [2.05, 4.69) is 15.2 Å². The van der Waals surface area contributed by atoms with Gasteiger partial charge in [-0.15, -0.1) is 10.2 Å². The smallest absolute Gasteiger partial charge is 0.284 e. The zero-order valence-corrected chi connectivity index (χ0v) is 12.3. The molecule has 114 valence electrons. The number of aldehydes is 1. The van der Waals surface area contributed by atoms with E-state index in [1.54, 1.807) is 24.5 Å². The van der Waals surface area contributed by atoms with Crippen molar-refractivity contribution in [1.82, 2.24) is 15.2 Å². The van der Waals surface area contributed by atoms with E-state index >= 15 is 0 Å². The summed E-state index contributed by atoms with van der Waals surface area (Å²) in [5.74, 6) is 0.294. The molecule has 0 saturated heterocycles. The Morgan fingerprint density at radius 1 is 1.17 bits per heavy atom. The molecule has 0 unspecified atom stereocenters. The van der Waals surface area contributed by atoms with E-state index in [-0.39, 0.29) is 16.5 Å². The second-order valence-corrected chi connectivity index (χ2v) is 5.31. The van der Waals surface area contributed by atoms with Gasteiger partial charge in [0.05, 0.1) is 9.82 Å². The van der Waals surface area contributed by atoms with E-state index in [1.807, 2.05) is 0 Å². The maximum atomic E-state index is 11.1. The molecule has 2 aromatic heterocycles. The number of aromatic nitrogens is 3. The van der Waals surface area contributed by atoms with Gasteiger partial charge in [0.2, 0.25) is 5.89 Å². The normalized spacial score (nSPS) is 10.4. The van der Waals surface area contributed by atoms with Crippen LogP contribution in [0.3, 0.4) is 0 Å². The third-order valence-electron chi connectivity index (χ3n) is 2.85. The number of pyridine rings is 1. The van der Waals surface area contributed by atoms with E-state index in [1.165, 1.54) is 18.2 Å². The molecule has 3 aromatic rings. The van der Waals surface area contributed by atoms with E-state index in [0.717, 1.165) is 11.8 Å². The first-order chi connectivity index (χ1) is 11.2. The summed E-state index contributed by atoms with van der Waals surface area (Å²) in [6, 6.07) is 7.59. The maximum absolute atomic E-state index is 11.1. The lowest BCUT2D eigenvalue weighted by Gasteiger charge is -2.00. The van der Waals surface area contributed by atoms with Gasteiger partial charge in [0, 0.05) is 29.6 Å². The van der Waals surface area contributed by atoms with Crippen LogP contribution < -0.4 is 0 Å². The van der Waals surface area contributed by atoms with Crippen LogP contribution in [0.1, 0.15) is 10.4 Å². The summed E-state index contributed by atoms with van der Waals surface area (Å²) in [5, 5.41) is 19.0. The molecule has 0 bridgehead atoms. The minimum absolute atomic E-state index is 0.166. The lowest BCUT2D eigenvalue weighted by Crippen LogP contribution is -1.93. The first kappa shape index (κ1) is 14.9. The fourth-order valence-electron chi connectivity index (χ4n) is 1.79. The Balaban J connectivity index is 1.90. The molecule has 0 N–H and O–H groups in total. The zero-order valence-electron chi connectivity index (χ0n) is 11.4. The van der Waals surface area contributed by atoms with Crippen molar-refractivity contribution in [1.29, 1.82) is 0 Å². The fourth-order valence-corrected chi connectivity index (χ4v) is 2.56. The van der Waals surface area contributed by atoms with Crippen LogP contribution in [0.4, 0.5) is 5.69 Å². The third kappa shape index (κ3) is 3.24. The standard InChI is InChI=1S/C14H8N4O4S/c19-8-9-1-2-12(11(7-9)18(20)21)23-14-17-16-13(22-14)10-3-5-15-6-4-10/h1-8H. The van der Waals surface area contributed by atoms with Gasteiger partial charge in [0.1, 0.15) is 6.29 Å². The Morgan fingerprint density at radius 2 is 1.96 bits per heavy atom. The number of hydrogen-bond donors (Lipinski definition) is 0.